The molecule has 0 aliphatic rings. The lowest BCUT2D eigenvalue weighted by Crippen LogP contribution is -2.09. The number of benzene rings is 10. The summed E-state index contributed by atoms with van der Waals surface area (Å²) in [5, 5.41) is 19.8. The number of hydrogen-bond acceptors (Lipinski definition) is 1. The van der Waals surface area contributed by atoms with Gasteiger partial charge >= 0.3 is 6.18 Å². The summed E-state index contributed by atoms with van der Waals surface area (Å²) in [4.78, 5) is 3.69. The van der Waals surface area contributed by atoms with Gasteiger partial charge in [0.15, 0.2) is 5.69 Å². The molecular formula is C63H35F3N6. The van der Waals surface area contributed by atoms with Gasteiger partial charge in [-0.25, -0.2) is 4.85 Å². The van der Waals surface area contributed by atoms with E-state index in [-0.39, 0.29) is 22.4 Å². The highest BCUT2D eigenvalue weighted by molar-refractivity contribution is 6.14. The highest BCUT2D eigenvalue weighted by atomic mass is 19.4. The number of hydrogen-bond donors (Lipinski definition) is 0. The highest BCUT2D eigenvalue weighted by Gasteiger charge is 2.35. The molecule has 0 spiro atoms. The van der Waals surface area contributed by atoms with Crippen LogP contribution >= 0.6 is 0 Å². The molecule has 10 aromatic carbocycles. The van der Waals surface area contributed by atoms with Gasteiger partial charge in [-0.05, 0) is 83.9 Å². The summed E-state index contributed by atoms with van der Waals surface area (Å²) in [5.74, 6) is 0. The van der Waals surface area contributed by atoms with Crippen LogP contribution in [0.2, 0.25) is 0 Å². The zero-order valence-corrected chi connectivity index (χ0v) is 38.0. The van der Waals surface area contributed by atoms with Gasteiger partial charge in [-0.2, -0.15) is 18.4 Å². The Balaban J connectivity index is 1.13. The maximum atomic E-state index is 15.4. The zero-order chi connectivity index (χ0) is 48.4. The number of halogens is 3. The van der Waals surface area contributed by atoms with Crippen molar-refractivity contribution in [2.45, 2.75) is 6.18 Å². The van der Waals surface area contributed by atoms with Gasteiger partial charge in [-0.3, -0.25) is 0 Å². The molecule has 0 atom stereocenters. The minimum absolute atomic E-state index is 0.145. The van der Waals surface area contributed by atoms with E-state index in [4.69, 9.17) is 6.57 Å². The summed E-state index contributed by atoms with van der Waals surface area (Å²) in [6.45, 7) is 8.23. The molecule has 6 nitrogen and oxygen atoms in total. The Kier molecular flexibility index (Phi) is 8.77. The molecule has 0 unspecified atom stereocenters. The first kappa shape index (κ1) is 41.2. The molecule has 14 rings (SSSR count). The summed E-state index contributed by atoms with van der Waals surface area (Å²) in [7, 11) is 0. The van der Waals surface area contributed by atoms with Gasteiger partial charge in [-0.15, -0.1) is 0 Å². The molecule has 0 saturated carbocycles. The van der Waals surface area contributed by atoms with E-state index in [2.05, 4.69) is 105 Å². The monoisotopic (exact) mass is 932 g/mol. The largest absolute Gasteiger partial charge is 0.415 e. The summed E-state index contributed by atoms with van der Waals surface area (Å²) >= 11 is 0. The number of fused-ring (bicyclic) bond motifs is 12. The maximum absolute atomic E-state index is 15.4. The topological polar surface area (TPSA) is 47.9 Å². The Bertz CT molecular complexity index is 4360. The molecule has 0 radical (unpaired) electrons. The molecule has 4 heterocycles. The molecule has 72 heavy (non-hydrogen) atoms. The molecule has 0 amide bonds. The number of nitriles is 1. The quantitative estimate of drug-likeness (QED) is 0.159. The second kappa shape index (κ2) is 15.3. The molecule has 9 heteroatoms. The zero-order valence-electron chi connectivity index (χ0n) is 38.0. The Morgan fingerprint density at radius 2 is 0.736 bits per heavy atom. The number of rotatable bonds is 5. The number of alkyl halides is 3. The maximum Gasteiger partial charge on any atom is 0.415 e. The van der Waals surface area contributed by atoms with Gasteiger partial charge in [0, 0.05) is 54.5 Å². The van der Waals surface area contributed by atoms with Crippen LogP contribution < -0.4 is 0 Å². The van der Waals surface area contributed by atoms with E-state index < -0.39 is 11.7 Å². The molecule has 0 saturated heterocycles. The Morgan fingerprint density at radius 3 is 1.08 bits per heavy atom. The molecule has 4 aromatic heterocycles. The van der Waals surface area contributed by atoms with Crippen molar-refractivity contribution < 1.29 is 13.2 Å². The Hall–Kier alpha value is -9.83. The van der Waals surface area contributed by atoms with E-state index in [0.717, 1.165) is 105 Å². The Morgan fingerprint density at radius 1 is 0.389 bits per heavy atom. The fourth-order valence-corrected chi connectivity index (χ4v) is 11.5. The standard InChI is InChI=1S/C63H35F3N6/c1-68-51-22-14-21-50(63(64,65)66)62(51)38-33-58(71-56-27-12-6-19-45(56)47-31-29-39(35-60(47)71)69-52-23-8-2-15-41(52)42-16-3-9-24-53(42)69)49(37-67)59(34-38)72-57-28-13-7-20-46(57)48-32-30-40(36-61(48)72)70-54-25-10-4-17-43(54)44-18-5-11-26-55(44)70/h2-36H. The van der Waals surface area contributed by atoms with Crippen LogP contribution in [0.15, 0.2) is 212 Å². The first-order chi connectivity index (χ1) is 35.3. The van der Waals surface area contributed by atoms with E-state index in [1.54, 1.807) is 12.1 Å². The second-order valence-electron chi connectivity index (χ2n) is 18.2. The normalized spacial score (nSPS) is 12.1. The van der Waals surface area contributed by atoms with Gasteiger partial charge in [0.2, 0.25) is 0 Å². The lowest BCUT2D eigenvalue weighted by atomic mass is 9.94. The van der Waals surface area contributed by atoms with E-state index in [1.165, 1.54) is 12.1 Å². The van der Waals surface area contributed by atoms with E-state index in [0.29, 0.717) is 11.4 Å². The minimum Gasteiger partial charge on any atom is -0.309 e. The average Bonchev–Trinajstić information content (AvgIpc) is 4.14. The van der Waals surface area contributed by atoms with Crippen molar-refractivity contribution in [2.24, 2.45) is 0 Å². The van der Waals surface area contributed by atoms with Crippen LogP contribution in [0.5, 0.6) is 0 Å². The van der Waals surface area contributed by atoms with Gasteiger partial charge < -0.3 is 18.3 Å². The smallest absolute Gasteiger partial charge is 0.309 e. The molecule has 0 fully saturated rings. The van der Waals surface area contributed by atoms with E-state index in [1.807, 2.05) is 106 Å². The summed E-state index contributed by atoms with van der Waals surface area (Å²) in [6, 6.07) is 71.2. The molecule has 0 aliphatic heterocycles. The molecule has 338 valence electrons. The Labute approximate surface area is 408 Å². The van der Waals surface area contributed by atoms with Crippen LogP contribution in [-0.4, -0.2) is 18.3 Å². The third-order valence-electron chi connectivity index (χ3n) is 14.4. The van der Waals surface area contributed by atoms with Crippen molar-refractivity contribution in [2.75, 3.05) is 0 Å². The second-order valence-corrected chi connectivity index (χ2v) is 18.2. The number of aromatic nitrogens is 4. The molecule has 0 bridgehead atoms. The van der Waals surface area contributed by atoms with Crippen LogP contribution in [0.25, 0.3) is 126 Å². The van der Waals surface area contributed by atoms with Crippen molar-refractivity contribution in [3.05, 3.63) is 235 Å². The fraction of sp³-hybridized carbons (Fsp3) is 0.0159. The van der Waals surface area contributed by atoms with Crippen molar-refractivity contribution in [3.63, 3.8) is 0 Å². The van der Waals surface area contributed by atoms with Crippen LogP contribution in [0.1, 0.15) is 11.1 Å². The lowest BCUT2D eigenvalue weighted by Gasteiger charge is -2.21. The van der Waals surface area contributed by atoms with Gasteiger partial charge in [-0.1, -0.05) is 140 Å². The number of nitrogens with zero attached hydrogens (tertiary/aromatic N) is 6. The van der Waals surface area contributed by atoms with Crippen molar-refractivity contribution in [3.8, 4) is 39.9 Å². The first-order valence-electron chi connectivity index (χ1n) is 23.5. The number of para-hydroxylation sites is 6. The van der Waals surface area contributed by atoms with Crippen LogP contribution in [-0.2, 0) is 6.18 Å². The summed E-state index contributed by atoms with van der Waals surface area (Å²) in [6.07, 6.45) is -4.81. The van der Waals surface area contributed by atoms with Gasteiger partial charge in [0.1, 0.15) is 11.6 Å². The van der Waals surface area contributed by atoms with E-state index in [9.17, 15) is 5.26 Å². The van der Waals surface area contributed by atoms with Crippen molar-refractivity contribution in [1.29, 1.82) is 5.26 Å². The van der Waals surface area contributed by atoms with Crippen LogP contribution in [0.4, 0.5) is 18.9 Å². The third kappa shape index (κ3) is 5.83. The predicted molar refractivity (Wildman–Crippen MR) is 285 cm³/mol. The van der Waals surface area contributed by atoms with Gasteiger partial charge in [0.05, 0.1) is 67.6 Å². The lowest BCUT2D eigenvalue weighted by molar-refractivity contribution is -0.137. The van der Waals surface area contributed by atoms with Gasteiger partial charge in [0.25, 0.3) is 0 Å². The fourth-order valence-electron chi connectivity index (χ4n) is 11.5. The predicted octanol–water partition coefficient (Wildman–Crippen LogP) is 17.2. The minimum atomic E-state index is -4.81. The highest BCUT2D eigenvalue weighted by Crippen LogP contribution is 2.47. The third-order valence-corrected chi connectivity index (χ3v) is 14.4. The first-order valence-corrected chi connectivity index (χ1v) is 23.5. The van der Waals surface area contributed by atoms with E-state index >= 15 is 13.2 Å². The summed E-state index contributed by atoms with van der Waals surface area (Å²) < 4.78 is 54.7. The molecule has 0 N–H and O–H groups in total. The summed E-state index contributed by atoms with van der Waals surface area (Å²) in [5.41, 5.74) is 8.61. The van der Waals surface area contributed by atoms with Crippen molar-refractivity contribution in [1.82, 2.24) is 18.3 Å². The molecule has 14 aromatic rings. The van der Waals surface area contributed by atoms with Crippen LogP contribution in [0.3, 0.4) is 0 Å². The van der Waals surface area contributed by atoms with Crippen LogP contribution in [0, 0.1) is 17.9 Å². The molecular weight excluding hydrogens is 898 g/mol. The molecule has 0 aliphatic carbocycles. The SMILES string of the molecule is [C-]#[N+]c1cccc(C(F)(F)F)c1-c1cc(-n2c3ccccc3c3ccc(-n4c5ccccc5c5ccccc54)cc32)c(C#N)c(-n2c3ccccc3c3ccc(-n4c5ccccc5c5ccccc54)cc32)c1. The van der Waals surface area contributed by atoms with Crippen molar-refractivity contribution >= 4 is 92.9 Å². The average molecular weight is 933 g/mol.